The van der Waals surface area contributed by atoms with Gasteiger partial charge in [0.15, 0.2) is 11.7 Å². The number of nitrogens with zero attached hydrogens (tertiary/aromatic N) is 3. The van der Waals surface area contributed by atoms with Crippen molar-refractivity contribution in [3.05, 3.63) is 40.9 Å². The van der Waals surface area contributed by atoms with Crippen LogP contribution in [0.25, 0.3) is 0 Å². The molecule has 1 atom stereocenters. The molecule has 7 heteroatoms. The van der Waals surface area contributed by atoms with Gasteiger partial charge < -0.3 is 10.6 Å². The number of rotatable bonds is 2. The van der Waals surface area contributed by atoms with Crippen molar-refractivity contribution >= 4 is 12.1 Å². The highest BCUT2D eigenvalue weighted by molar-refractivity contribution is 6.00. The van der Waals surface area contributed by atoms with Gasteiger partial charge in [0.2, 0.25) is 0 Å². The number of aldehydes is 1. The number of hydrogen-bond acceptors (Lipinski definition) is 5. The van der Waals surface area contributed by atoms with E-state index >= 15 is 0 Å². The van der Waals surface area contributed by atoms with Crippen LogP contribution in [0.15, 0.2) is 28.5 Å². The minimum absolute atomic E-state index is 0.0250. The quantitative estimate of drug-likeness (QED) is 0.804. The van der Waals surface area contributed by atoms with E-state index in [-0.39, 0.29) is 18.3 Å². The fourth-order valence-electron chi connectivity index (χ4n) is 2.51. The number of nitrogens with two attached hydrogens (primary N) is 1. The molecule has 0 unspecified atom stereocenters. The highest BCUT2D eigenvalue weighted by atomic mass is 19.1. The van der Waals surface area contributed by atoms with E-state index in [1.807, 2.05) is 0 Å². The van der Waals surface area contributed by atoms with Gasteiger partial charge in [-0.1, -0.05) is 0 Å². The van der Waals surface area contributed by atoms with E-state index in [9.17, 15) is 13.6 Å². The van der Waals surface area contributed by atoms with Gasteiger partial charge in [-0.25, -0.2) is 13.8 Å². The third-order valence-corrected chi connectivity index (χ3v) is 3.39. The molecule has 104 valence electrons. The number of aromatic nitrogens is 1. The normalized spacial score (nSPS) is 21.9. The second-order valence-corrected chi connectivity index (χ2v) is 4.79. The monoisotopic (exact) mass is 278 g/mol. The van der Waals surface area contributed by atoms with Crippen molar-refractivity contribution in [2.24, 2.45) is 10.7 Å². The molecule has 2 aliphatic heterocycles. The van der Waals surface area contributed by atoms with Crippen LogP contribution in [0.5, 0.6) is 0 Å². The first kappa shape index (κ1) is 12.9. The molecule has 2 N–H and O–H groups in total. The molecule has 0 saturated carbocycles. The van der Waals surface area contributed by atoms with Gasteiger partial charge in [0, 0.05) is 36.3 Å². The highest BCUT2D eigenvalue weighted by Gasteiger charge is 2.34. The Morgan fingerprint density at radius 1 is 1.45 bits per heavy atom. The van der Waals surface area contributed by atoms with Gasteiger partial charge in [0.05, 0.1) is 12.7 Å². The van der Waals surface area contributed by atoms with Crippen molar-refractivity contribution in [3.8, 4) is 0 Å². The Balaban J connectivity index is 2.04. The zero-order valence-corrected chi connectivity index (χ0v) is 10.5. The summed E-state index contributed by atoms with van der Waals surface area (Å²) in [5, 5.41) is 0. The predicted octanol–water partition coefficient (Wildman–Crippen LogP) is 0.606. The fourth-order valence-corrected chi connectivity index (χ4v) is 2.51. The second-order valence-electron chi connectivity index (χ2n) is 4.79. The van der Waals surface area contributed by atoms with Gasteiger partial charge in [0.1, 0.15) is 17.8 Å². The minimum atomic E-state index is -0.780. The van der Waals surface area contributed by atoms with E-state index in [2.05, 4.69) is 9.98 Å². The molecule has 3 heterocycles. The third-order valence-electron chi connectivity index (χ3n) is 3.39. The Labute approximate surface area is 113 Å². The van der Waals surface area contributed by atoms with Crippen LogP contribution >= 0.6 is 0 Å². The van der Waals surface area contributed by atoms with Crippen molar-refractivity contribution in [2.45, 2.75) is 12.5 Å². The number of hydrogen-bond donors (Lipinski definition) is 1. The molecule has 20 heavy (non-hydrogen) atoms. The summed E-state index contributed by atoms with van der Waals surface area (Å²) < 4.78 is 26.8. The molecule has 1 aromatic rings. The standard InChI is InChI=1S/C13H12F2N4O/c14-8-1-10(15)12(17-4-8)13-18-3-7(6-20)11-2-9(16)5-19(11)13/h1,4,6,9H,2-3,5,16H2/t9-/m0/s1. The molecule has 0 amide bonds. The van der Waals surface area contributed by atoms with Crippen molar-refractivity contribution in [2.75, 3.05) is 13.1 Å². The first-order chi connectivity index (χ1) is 9.60. The first-order valence-electron chi connectivity index (χ1n) is 6.16. The smallest absolute Gasteiger partial charge is 0.157 e. The third kappa shape index (κ3) is 2.00. The minimum Gasteiger partial charge on any atom is -0.326 e. The topological polar surface area (TPSA) is 71.6 Å². The fraction of sp³-hybridized carbons (Fsp3) is 0.308. The molecular weight excluding hydrogens is 266 g/mol. The number of carbonyl (C=O) groups excluding carboxylic acids is 1. The lowest BCUT2D eigenvalue weighted by Gasteiger charge is -2.26. The summed E-state index contributed by atoms with van der Waals surface area (Å²) in [6, 6.07) is 0.617. The van der Waals surface area contributed by atoms with Crippen LogP contribution in [0.1, 0.15) is 12.1 Å². The molecule has 0 aromatic carbocycles. The van der Waals surface area contributed by atoms with Crippen molar-refractivity contribution in [3.63, 3.8) is 0 Å². The summed E-state index contributed by atoms with van der Waals surface area (Å²) in [4.78, 5) is 20.7. The molecule has 1 saturated heterocycles. The van der Waals surface area contributed by atoms with Crippen LogP contribution in [0, 0.1) is 11.6 Å². The zero-order chi connectivity index (χ0) is 14.3. The summed E-state index contributed by atoms with van der Waals surface area (Å²) in [5.74, 6) is -1.22. The Hall–Kier alpha value is -2.15. The Morgan fingerprint density at radius 2 is 2.25 bits per heavy atom. The van der Waals surface area contributed by atoms with E-state index < -0.39 is 11.6 Å². The number of aliphatic imine (C=N–C) groups is 1. The highest BCUT2D eigenvalue weighted by Crippen LogP contribution is 2.29. The molecule has 0 spiro atoms. The lowest BCUT2D eigenvalue weighted by Crippen LogP contribution is -2.36. The van der Waals surface area contributed by atoms with Crippen molar-refractivity contribution < 1.29 is 13.6 Å². The molecule has 2 aliphatic rings. The van der Waals surface area contributed by atoms with Crippen molar-refractivity contribution in [1.82, 2.24) is 9.88 Å². The summed E-state index contributed by atoms with van der Waals surface area (Å²) in [5.41, 5.74) is 7.17. The Kier molecular flexibility index (Phi) is 3.06. The lowest BCUT2D eigenvalue weighted by molar-refractivity contribution is -0.105. The summed E-state index contributed by atoms with van der Waals surface area (Å²) in [6.45, 7) is 0.597. The molecule has 1 aromatic heterocycles. The van der Waals surface area contributed by atoms with Crippen LogP contribution in [-0.2, 0) is 4.79 Å². The first-order valence-corrected chi connectivity index (χ1v) is 6.16. The number of fused-ring (bicyclic) bond motifs is 1. The number of pyridine rings is 1. The average Bonchev–Trinajstić information content (AvgIpc) is 2.79. The van der Waals surface area contributed by atoms with Gasteiger partial charge >= 0.3 is 0 Å². The summed E-state index contributed by atoms with van der Waals surface area (Å²) in [6.07, 6.45) is 2.22. The van der Waals surface area contributed by atoms with Gasteiger partial charge in [-0.15, -0.1) is 0 Å². The summed E-state index contributed by atoms with van der Waals surface area (Å²) >= 11 is 0. The van der Waals surface area contributed by atoms with E-state index in [4.69, 9.17) is 5.73 Å². The zero-order valence-electron chi connectivity index (χ0n) is 10.5. The van der Waals surface area contributed by atoms with Crippen LogP contribution in [0.4, 0.5) is 8.78 Å². The van der Waals surface area contributed by atoms with Gasteiger partial charge in [0.25, 0.3) is 0 Å². The maximum absolute atomic E-state index is 13.8. The van der Waals surface area contributed by atoms with Gasteiger partial charge in [-0.05, 0) is 0 Å². The average molecular weight is 278 g/mol. The summed E-state index contributed by atoms with van der Waals surface area (Å²) in [7, 11) is 0. The van der Waals surface area contributed by atoms with Gasteiger partial charge in [-0.3, -0.25) is 9.79 Å². The maximum Gasteiger partial charge on any atom is 0.157 e. The molecule has 3 rings (SSSR count). The number of amidine groups is 1. The molecule has 0 bridgehead atoms. The molecule has 1 fully saturated rings. The molecule has 5 nitrogen and oxygen atoms in total. The van der Waals surface area contributed by atoms with Crippen molar-refractivity contribution in [1.29, 1.82) is 0 Å². The molecule has 0 radical (unpaired) electrons. The van der Waals surface area contributed by atoms with E-state index in [0.29, 0.717) is 24.4 Å². The van der Waals surface area contributed by atoms with Crippen LogP contribution in [0.2, 0.25) is 0 Å². The Morgan fingerprint density at radius 3 is 2.95 bits per heavy atom. The largest absolute Gasteiger partial charge is 0.326 e. The van der Waals surface area contributed by atoms with E-state index in [1.54, 1.807) is 4.90 Å². The number of halogens is 2. The SMILES string of the molecule is N[C@H]1CC2=C(C=O)CN=C(c3ncc(F)cc3F)N2C1. The molecular formula is C13H12F2N4O. The van der Waals surface area contributed by atoms with Crippen LogP contribution in [0.3, 0.4) is 0 Å². The molecule has 0 aliphatic carbocycles. The number of carbonyl (C=O) groups is 1. The van der Waals surface area contributed by atoms with Crippen LogP contribution in [-0.4, -0.2) is 41.1 Å². The lowest BCUT2D eigenvalue weighted by atomic mass is 10.1. The van der Waals surface area contributed by atoms with E-state index in [0.717, 1.165) is 24.2 Å². The maximum atomic E-state index is 13.8. The van der Waals surface area contributed by atoms with E-state index in [1.165, 1.54) is 0 Å². The Bertz CT molecular complexity index is 641. The van der Waals surface area contributed by atoms with Gasteiger partial charge in [-0.2, -0.15) is 0 Å². The second kappa shape index (κ2) is 4.75. The predicted molar refractivity (Wildman–Crippen MR) is 67.9 cm³/mol. The van der Waals surface area contributed by atoms with Crippen LogP contribution < -0.4 is 5.73 Å².